The number of nitrogens with one attached hydrogen (secondary N) is 1. The average Bonchev–Trinajstić information content (AvgIpc) is 2.81. The summed E-state index contributed by atoms with van der Waals surface area (Å²) in [6, 6.07) is 2.14. The second kappa shape index (κ2) is 4.79. The molecule has 0 bridgehead atoms. The Kier molecular flexibility index (Phi) is 3.15. The molecule has 0 aliphatic carbocycles. The van der Waals surface area contributed by atoms with E-state index in [4.69, 9.17) is 0 Å². The van der Waals surface area contributed by atoms with Gasteiger partial charge in [-0.3, -0.25) is 14.1 Å². The fourth-order valence-corrected chi connectivity index (χ4v) is 3.03. The van der Waals surface area contributed by atoms with Crippen LogP contribution in [-0.2, 0) is 6.54 Å². The molecule has 0 radical (unpaired) electrons. The lowest BCUT2D eigenvalue weighted by Crippen LogP contribution is -2.49. The number of hydrogen-bond acceptors (Lipinski definition) is 5. The van der Waals surface area contributed by atoms with Crippen LogP contribution in [0.4, 0.5) is 0 Å². The Labute approximate surface area is 109 Å². The smallest absolute Gasteiger partial charge is 0.258 e. The number of aromatic nitrogens is 2. The van der Waals surface area contributed by atoms with Gasteiger partial charge in [0.15, 0.2) is 4.96 Å². The highest BCUT2D eigenvalue weighted by Gasteiger charge is 2.18. The molecule has 1 aliphatic heterocycles. The number of fused-ring (bicyclic) bond motifs is 1. The summed E-state index contributed by atoms with van der Waals surface area (Å²) in [6.45, 7) is 5.96. The van der Waals surface area contributed by atoms with Gasteiger partial charge in [0.1, 0.15) is 0 Å². The van der Waals surface area contributed by atoms with Crippen LogP contribution in [0.2, 0.25) is 0 Å². The van der Waals surface area contributed by atoms with Crippen molar-refractivity contribution in [1.29, 1.82) is 0 Å². The zero-order valence-electron chi connectivity index (χ0n) is 10.3. The lowest BCUT2D eigenvalue weighted by molar-refractivity contribution is 0.164. The number of piperazine rings is 1. The van der Waals surface area contributed by atoms with Crippen molar-refractivity contribution in [3.63, 3.8) is 0 Å². The standard InChI is InChI=1S/C12H16N4OS/c1-9-7-13-2-3-15(9)8-10-6-11(17)16-4-5-18-12(16)14-10/h4-6,9,13H,2-3,7-8H2,1H3. The zero-order chi connectivity index (χ0) is 12.5. The SMILES string of the molecule is CC1CNCCN1Cc1cc(=O)n2ccsc2n1. The zero-order valence-corrected chi connectivity index (χ0v) is 11.1. The van der Waals surface area contributed by atoms with Gasteiger partial charge in [0.05, 0.1) is 5.69 Å². The molecule has 0 aromatic carbocycles. The first kappa shape index (κ1) is 11.8. The van der Waals surface area contributed by atoms with Gasteiger partial charge >= 0.3 is 0 Å². The van der Waals surface area contributed by atoms with Crippen LogP contribution in [0, 0.1) is 0 Å². The predicted molar refractivity (Wildman–Crippen MR) is 72.1 cm³/mol. The van der Waals surface area contributed by atoms with E-state index in [9.17, 15) is 4.79 Å². The van der Waals surface area contributed by atoms with Gasteiger partial charge in [0, 0.05) is 49.9 Å². The highest BCUT2D eigenvalue weighted by molar-refractivity contribution is 7.15. The molecule has 1 unspecified atom stereocenters. The van der Waals surface area contributed by atoms with Gasteiger partial charge in [-0.15, -0.1) is 11.3 Å². The first-order valence-electron chi connectivity index (χ1n) is 6.14. The van der Waals surface area contributed by atoms with E-state index in [-0.39, 0.29) is 5.56 Å². The van der Waals surface area contributed by atoms with Gasteiger partial charge in [0.25, 0.3) is 5.56 Å². The van der Waals surface area contributed by atoms with Crippen LogP contribution in [0.1, 0.15) is 12.6 Å². The molecule has 3 rings (SSSR count). The fraction of sp³-hybridized carbons (Fsp3) is 0.500. The third-order valence-electron chi connectivity index (χ3n) is 3.36. The van der Waals surface area contributed by atoms with Crippen LogP contribution >= 0.6 is 11.3 Å². The molecule has 2 aromatic heterocycles. The Hall–Kier alpha value is -1.24. The molecule has 3 heterocycles. The summed E-state index contributed by atoms with van der Waals surface area (Å²) in [5, 5.41) is 5.25. The molecule has 96 valence electrons. The van der Waals surface area contributed by atoms with E-state index >= 15 is 0 Å². The normalized spacial score (nSPS) is 21.5. The molecule has 5 nitrogen and oxygen atoms in total. The van der Waals surface area contributed by atoms with Crippen LogP contribution in [0.25, 0.3) is 4.96 Å². The molecule has 0 spiro atoms. The van der Waals surface area contributed by atoms with E-state index in [1.807, 2.05) is 5.38 Å². The largest absolute Gasteiger partial charge is 0.314 e. The first-order chi connectivity index (χ1) is 8.74. The molecule has 2 aromatic rings. The number of hydrogen-bond donors (Lipinski definition) is 1. The minimum Gasteiger partial charge on any atom is -0.314 e. The van der Waals surface area contributed by atoms with Crippen LogP contribution < -0.4 is 10.9 Å². The lowest BCUT2D eigenvalue weighted by atomic mass is 10.2. The van der Waals surface area contributed by atoms with Gasteiger partial charge in [0.2, 0.25) is 0 Å². The highest BCUT2D eigenvalue weighted by Crippen LogP contribution is 2.10. The maximum Gasteiger partial charge on any atom is 0.258 e. The molecule has 6 heteroatoms. The van der Waals surface area contributed by atoms with E-state index in [0.717, 1.165) is 36.8 Å². The summed E-state index contributed by atoms with van der Waals surface area (Å²) in [4.78, 5) is 19.6. The lowest BCUT2D eigenvalue weighted by Gasteiger charge is -2.33. The van der Waals surface area contributed by atoms with Gasteiger partial charge in [-0.2, -0.15) is 0 Å². The average molecular weight is 264 g/mol. The Morgan fingerprint density at radius 3 is 3.33 bits per heavy atom. The van der Waals surface area contributed by atoms with Gasteiger partial charge in [-0.25, -0.2) is 4.98 Å². The third kappa shape index (κ3) is 2.19. The van der Waals surface area contributed by atoms with Crippen molar-refractivity contribution >= 4 is 16.3 Å². The van der Waals surface area contributed by atoms with Crippen molar-refractivity contribution in [1.82, 2.24) is 19.6 Å². The van der Waals surface area contributed by atoms with Crippen LogP contribution in [0.15, 0.2) is 22.4 Å². The molecular formula is C12H16N4OS. The van der Waals surface area contributed by atoms with Crippen molar-refractivity contribution in [2.24, 2.45) is 0 Å². The predicted octanol–water partition coefficient (Wildman–Crippen LogP) is 0.550. The fourth-order valence-electron chi connectivity index (χ4n) is 2.29. The van der Waals surface area contributed by atoms with Gasteiger partial charge in [-0.05, 0) is 6.92 Å². The Balaban J connectivity index is 1.87. The molecule has 0 saturated carbocycles. The summed E-state index contributed by atoms with van der Waals surface area (Å²) in [5.41, 5.74) is 0.884. The maximum atomic E-state index is 11.9. The molecular weight excluding hydrogens is 248 g/mol. The summed E-state index contributed by atoms with van der Waals surface area (Å²) in [6.07, 6.45) is 1.77. The maximum absolute atomic E-state index is 11.9. The van der Waals surface area contributed by atoms with E-state index in [0.29, 0.717) is 6.04 Å². The Morgan fingerprint density at radius 1 is 1.61 bits per heavy atom. The summed E-state index contributed by atoms with van der Waals surface area (Å²) in [5.74, 6) is 0. The Bertz CT molecular complexity index is 605. The quantitative estimate of drug-likeness (QED) is 0.860. The third-order valence-corrected chi connectivity index (χ3v) is 4.12. The number of thiazole rings is 1. The van der Waals surface area contributed by atoms with E-state index in [1.54, 1.807) is 16.7 Å². The van der Waals surface area contributed by atoms with Crippen molar-refractivity contribution in [3.8, 4) is 0 Å². The molecule has 1 aliphatic rings. The molecule has 0 amide bonds. The van der Waals surface area contributed by atoms with Crippen LogP contribution in [0.3, 0.4) is 0 Å². The van der Waals surface area contributed by atoms with Gasteiger partial charge < -0.3 is 5.32 Å². The van der Waals surface area contributed by atoms with E-state index in [2.05, 4.69) is 22.1 Å². The minimum atomic E-state index is 0.0130. The van der Waals surface area contributed by atoms with E-state index < -0.39 is 0 Å². The van der Waals surface area contributed by atoms with Gasteiger partial charge in [-0.1, -0.05) is 0 Å². The van der Waals surface area contributed by atoms with E-state index in [1.165, 1.54) is 11.3 Å². The summed E-state index contributed by atoms with van der Waals surface area (Å²) in [7, 11) is 0. The second-order valence-corrected chi connectivity index (χ2v) is 5.54. The van der Waals surface area contributed by atoms with Crippen molar-refractivity contribution in [3.05, 3.63) is 33.7 Å². The summed E-state index contributed by atoms with van der Waals surface area (Å²) >= 11 is 1.50. The number of nitrogens with zero attached hydrogens (tertiary/aromatic N) is 3. The molecule has 1 fully saturated rings. The Morgan fingerprint density at radius 2 is 2.50 bits per heavy atom. The molecule has 18 heavy (non-hydrogen) atoms. The van der Waals surface area contributed by atoms with Crippen molar-refractivity contribution < 1.29 is 0 Å². The monoisotopic (exact) mass is 264 g/mol. The topological polar surface area (TPSA) is 49.6 Å². The minimum absolute atomic E-state index is 0.0130. The first-order valence-corrected chi connectivity index (χ1v) is 7.02. The van der Waals surface area contributed by atoms with Crippen LogP contribution in [-0.4, -0.2) is 40.0 Å². The number of rotatable bonds is 2. The molecule has 1 saturated heterocycles. The molecule has 1 atom stereocenters. The summed E-state index contributed by atoms with van der Waals surface area (Å²) < 4.78 is 1.59. The van der Waals surface area contributed by atoms with Crippen molar-refractivity contribution in [2.75, 3.05) is 19.6 Å². The van der Waals surface area contributed by atoms with Crippen molar-refractivity contribution in [2.45, 2.75) is 19.5 Å². The van der Waals surface area contributed by atoms with Crippen LogP contribution in [0.5, 0.6) is 0 Å². The second-order valence-electron chi connectivity index (χ2n) is 4.66. The molecule has 1 N–H and O–H groups in total. The highest BCUT2D eigenvalue weighted by atomic mass is 32.1.